The third-order valence-electron chi connectivity index (χ3n) is 6.74. The van der Waals surface area contributed by atoms with E-state index in [9.17, 15) is 8.42 Å². The standard InChI is InChI=1S/C25H33N5O3S/c1-16-11-20(16)15-29(3)22-12-19(13-23(28-22)30(4)34(5,31)32)25-27-14-21(33-25)17(2)24(26)18-9-7-6-8-10-18/h6-10,12-14,16-17,20,24H,11,15,26H2,1-5H3/t16?,17-,20?,24?/m0/s1. The summed E-state index contributed by atoms with van der Waals surface area (Å²) < 4.78 is 31.7. The fourth-order valence-corrected chi connectivity index (χ4v) is 4.46. The molecule has 0 saturated heterocycles. The van der Waals surface area contributed by atoms with E-state index in [1.54, 1.807) is 12.3 Å². The van der Waals surface area contributed by atoms with Crippen LogP contribution in [0.5, 0.6) is 0 Å². The highest BCUT2D eigenvalue weighted by Crippen LogP contribution is 2.39. The highest BCUT2D eigenvalue weighted by molar-refractivity contribution is 7.92. The van der Waals surface area contributed by atoms with E-state index in [2.05, 4.69) is 21.8 Å². The first-order chi connectivity index (χ1) is 16.0. The molecule has 2 N–H and O–H groups in total. The van der Waals surface area contributed by atoms with E-state index in [1.165, 1.54) is 17.8 Å². The number of hydrogen-bond donors (Lipinski definition) is 1. The van der Waals surface area contributed by atoms with Crippen molar-refractivity contribution in [3.63, 3.8) is 0 Å². The van der Waals surface area contributed by atoms with Crippen molar-refractivity contribution in [2.24, 2.45) is 17.6 Å². The van der Waals surface area contributed by atoms with Gasteiger partial charge in [0.25, 0.3) is 0 Å². The van der Waals surface area contributed by atoms with Crippen molar-refractivity contribution in [3.05, 3.63) is 60.0 Å². The second kappa shape index (κ2) is 9.38. The van der Waals surface area contributed by atoms with E-state index < -0.39 is 10.0 Å². The van der Waals surface area contributed by atoms with Crippen LogP contribution in [0.1, 0.15) is 43.6 Å². The molecular weight excluding hydrogens is 450 g/mol. The first-order valence-electron chi connectivity index (χ1n) is 11.5. The highest BCUT2D eigenvalue weighted by Gasteiger charge is 2.33. The molecule has 2 aromatic heterocycles. The van der Waals surface area contributed by atoms with Gasteiger partial charge in [-0.1, -0.05) is 44.2 Å². The first-order valence-corrected chi connectivity index (χ1v) is 13.3. The number of nitrogens with zero attached hydrogens (tertiary/aromatic N) is 4. The third-order valence-corrected chi connectivity index (χ3v) is 7.92. The Morgan fingerprint density at radius 1 is 1.18 bits per heavy atom. The number of hydrogen-bond acceptors (Lipinski definition) is 7. The first kappa shape index (κ1) is 24.2. The molecule has 34 heavy (non-hydrogen) atoms. The minimum atomic E-state index is -3.48. The molecule has 1 fully saturated rings. The van der Waals surface area contributed by atoms with Gasteiger partial charge < -0.3 is 15.1 Å². The zero-order chi connectivity index (χ0) is 24.6. The van der Waals surface area contributed by atoms with Crippen LogP contribution in [0, 0.1) is 11.8 Å². The van der Waals surface area contributed by atoms with E-state index in [0.29, 0.717) is 40.7 Å². The lowest BCUT2D eigenvalue weighted by Crippen LogP contribution is -2.27. The van der Waals surface area contributed by atoms with Crippen LogP contribution in [0.25, 0.3) is 11.5 Å². The average Bonchev–Trinajstić information content (AvgIpc) is 3.30. The molecule has 9 heteroatoms. The van der Waals surface area contributed by atoms with Crippen molar-refractivity contribution in [2.45, 2.75) is 32.2 Å². The zero-order valence-corrected chi connectivity index (χ0v) is 21.2. The molecule has 1 aliphatic carbocycles. The summed E-state index contributed by atoms with van der Waals surface area (Å²) in [4.78, 5) is 11.2. The maximum absolute atomic E-state index is 12.2. The third kappa shape index (κ3) is 5.26. The molecule has 1 aromatic carbocycles. The second-order valence-corrected chi connectivity index (χ2v) is 11.5. The van der Waals surface area contributed by atoms with Gasteiger partial charge in [-0.2, -0.15) is 0 Å². The Labute approximate surface area is 201 Å². The summed E-state index contributed by atoms with van der Waals surface area (Å²) in [7, 11) is -0.0104. The van der Waals surface area contributed by atoms with Crippen LogP contribution in [0.4, 0.5) is 11.6 Å². The number of pyridine rings is 1. The minimum absolute atomic E-state index is 0.0952. The van der Waals surface area contributed by atoms with Gasteiger partial charge in [0.2, 0.25) is 15.9 Å². The van der Waals surface area contributed by atoms with Crippen LogP contribution < -0.4 is 14.9 Å². The fraction of sp³-hybridized carbons (Fsp3) is 0.440. The van der Waals surface area contributed by atoms with Crippen molar-refractivity contribution >= 4 is 21.7 Å². The number of aromatic nitrogens is 2. The summed E-state index contributed by atoms with van der Waals surface area (Å²) in [6, 6.07) is 13.2. The summed E-state index contributed by atoms with van der Waals surface area (Å²) in [5, 5.41) is 0. The number of oxazole rings is 1. The number of nitrogens with two attached hydrogens (primary N) is 1. The molecule has 4 atom stereocenters. The Hall–Kier alpha value is -2.91. The van der Waals surface area contributed by atoms with E-state index in [4.69, 9.17) is 10.2 Å². The van der Waals surface area contributed by atoms with Crippen molar-refractivity contribution in [3.8, 4) is 11.5 Å². The van der Waals surface area contributed by atoms with E-state index in [-0.39, 0.29) is 12.0 Å². The second-order valence-electron chi connectivity index (χ2n) is 9.45. The molecule has 0 bridgehead atoms. The highest BCUT2D eigenvalue weighted by atomic mass is 32.2. The number of benzene rings is 1. The van der Waals surface area contributed by atoms with Crippen LogP contribution >= 0.6 is 0 Å². The van der Waals surface area contributed by atoms with Gasteiger partial charge in [-0.05, 0) is 36.0 Å². The Kier molecular flexibility index (Phi) is 6.69. The van der Waals surface area contributed by atoms with Gasteiger partial charge in [0.1, 0.15) is 17.4 Å². The zero-order valence-electron chi connectivity index (χ0n) is 20.3. The van der Waals surface area contributed by atoms with Crippen molar-refractivity contribution < 1.29 is 12.8 Å². The number of anilines is 2. The molecule has 8 nitrogen and oxygen atoms in total. The topological polar surface area (TPSA) is 106 Å². The molecule has 3 aromatic rings. The van der Waals surface area contributed by atoms with E-state index in [1.807, 2.05) is 50.4 Å². The molecular formula is C25H33N5O3S. The lowest BCUT2D eigenvalue weighted by molar-refractivity contribution is 0.446. The van der Waals surface area contributed by atoms with Crippen molar-refractivity contribution in [1.82, 2.24) is 9.97 Å². The Balaban J connectivity index is 1.66. The maximum atomic E-state index is 12.2. The van der Waals surface area contributed by atoms with E-state index >= 15 is 0 Å². The van der Waals surface area contributed by atoms with Gasteiger partial charge in [0.05, 0.1) is 12.5 Å². The molecule has 0 radical (unpaired) electrons. The molecule has 0 amide bonds. The van der Waals surface area contributed by atoms with Crippen molar-refractivity contribution in [1.29, 1.82) is 0 Å². The lowest BCUT2D eigenvalue weighted by atomic mass is 9.94. The normalized spacial score (nSPS) is 19.5. The van der Waals surface area contributed by atoms with Gasteiger partial charge in [-0.3, -0.25) is 4.31 Å². The van der Waals surface area contributed by atoms with Gasteiger partial charge in [-0.15, -0.1) is 0 Å². The molecule has 4 rings (SSSR count). The van der Waals surface area contributed by atoms with Crippen LogP contribution in [0.3, 0.4) is 0 Å². The summed E-state index contributed by atoms with van der Waals surface area (Å²) in [6.45, 7) is 5.10. The molecule has 3 unspecified atom stereocenters. The van der Waals surface area contributed by atoms with Gasteiger partial charge in [0.15, 0.2) is 0 Å². The Morgan fingerprint density at radius 3 is 2.44 bits per heavy atom. The smallest absolute Gasteiger partial charge is 0.233 e. The SMILES string of the molecule is CC1CC1CN(C)c1cc(-c2ncc([C@H](C)C(N)c3ccccc3)o2)cc(N(C)S(C)(=O)=O)n1. The predicted molar refractivity (Wildman–Crippen MR) is 135 cm³/mol. The molecule has 0 aliphatic heterocycles. The van der Waals surface area contributed by atoms with Crippen LogP contribution in [-0.4, -0.2) is 45.3 Å². The van der Waals surface area contributed by atoms with Gasteiger partial charge in [-0.25, -0.2) is 18.4 Å². The van der Waals surface area contributed by atoms with Crippen molar-refractivity contribution in [2.75, 3.05) is 36.1 Å². The predicted octanol–water partition coefficient (Wildman–Crippen LogP) is 4.03. The van der Waals surface area contributed by atoms with Crippen LogP contribution in [0.2, 0.25) is 0 Å². The molecule has 182 valence electrons. The quantitative estimate of drug-likeness (QED) is 0.490. The van der Waals surface area contributed by atoms with Gasteiger partial charge in [0, 0.05) is 38.2 Å². The maximum Gasteiger partial charge on any atom is 0.233 e. The lowest BCUT2D eigenvalue weighted by Gasteiger charge is -2.22. The number of sulfonamides is 1. The fourth-order valence-electron chi connectivity index (χ4n) is 4.02. The Bertz CT molecular complexity index is 1240. The summed E-state index contributed by atoms with van der Waals surface area (Å²) >= 11 is 0. The minimum Gasteiger partial charge on any atom is -0.441 e. The number of rotatable bonds is 9. The molecule has 2 heterocycles. The van der Waals surface area contributed by atoms with Crippen LogP contribution in [-0.2, 0) is 10.0 Å². The Morgan fingerprint density at radius 2 is 1.82 bits per heavy atom. The summed E-state index contributed by atoms with van der Waals surface area (Å²) in [5.41, 5.74) is 8.16. The largest absolute Gasteiger partial charge is 0.441 e. The molecule has 1 aliphatic rings. The average molecular weight is 484 g/mol. The van der Waals surface area contributed by atoms with E-state index in [0.717, 1.165) is 18.4 Å². The summed E-state index contributed by atoms with van der Waals surface area (Å²) in [5.74, 6) is 3.30. The van der Waals surface area contributed by atoms with Gasteiger partial charge >= 0.3 is 0 Å². The molecule has 0 spiro atoms. The van der Waals surface area contributed by atoms with Crippen LogP contribution in [0.15, 0.2) is 53.1 Å². The monoisotopic (exact) mass is 483 g/mol. The summed E-state index contributed by atoms with van der Waals surface area (Å²) in [6.07, 6.45) is 4.05. The molecule has 1 saturated carbocycles.